The predicted molar refractivity (Wildman–Crippen MR) is 99.0 cm³/mol. The van der Waals surface area contributed by atoms with Crippen LogP contribution >= 0.6 is 0 Å². The summed E-state index contributed by atoms with van der Waals surface area (Å²) in [6.07, 6.45) is 3.23. The van der Waals surface area contributed by atoms with E-state index in [1.807, 2.05) is 19.1 Å². The number of carbonyl (C=O) groups excluding carboxylic acids is 2. The molecule has 0 bridgehead atoms. The van der Waals surface area contributed by atoms with E-state index in [1.54, 1.807) is 26.2 Å². The molecule has 1 N–H and O–H groups in total. The van der Waals surface area contributed by atoms with Crippen LogP contribution in [-0.4, -0.2) is 44.1 Å². The third-order valence-corrected chi connectivity index (χ3v) is 4.31. The number of hydrogen-bond acceptors (Lipinski definition) is 6. The maximum absolute atomic E-state index is 12.2. The first-order valence-electron chi connectivity index (χ1n) is 9.33. The van der Waals surface area contributed by atoms with Gasteiger partial charge in [-0.2, -0.15) is 0 Å². The summed E-state index contributed by atoms with van der Waals surface area (Å²) in [4.78, 5) is 29.2. The van der Waals surface area contributed by atoms with Crippen molar-refractivity contribution < 1.29 is 28.6 Å². The molecular formula is C20H29NO6. The average molecular weight is 379 g/mol. The lowest BCUT2D eigenvalue weighted by atomic mass is 9.96. The minimum atomic E-state index is -0.757. The van der Waals surface area contributed by atoms with Gasteiger partial charge in [0.2, 0.25) is 0 Å². The number of hydrogen-bond donors (Lipinski definition) is 1. The molecule has 1 aromatic rings. The van der Waals surface area contributed by atoms with Gasteiger partial charge in [-0.05, 0) is 37.5 Å². The molecule has 0 spiro atoms. The number of hydroxylamine groups is 1. The molecule has 27 heavy (non-hydrogen) atoms. The molecule has 0 aliphatic carbocycles. The fourth-order valence-electron chi connectivity index (χ4n) is 2.96. The maximum atomic E-state index is 12.2. The number of benzene rings is 1. The number of amides is 1. The number of esters is 1. The molecule has 1 aromatic carbocycles. The highest BCUT2D eigenvalue weighted by Crippen LogP contribution is 2.20. The van der Waals surface area contributed by atoms with Gasteiger partial charge < -0.3 is 14.2 Å². The topological polar surface area (TPSA) is 83.1 Å². The summed E-state index contributed by atoms with van der Waals surface area (Å²) >= 11 is 0. The Labute approximate surface area is 160 Å². The minimum Gasteiger partial charge on any atom is -0.457 e. The van der Waals surface area contributed by atoms with Crippen LogP contribution in [0.3, 0.4) is 0 Å². The Morgan fingerprint density at radius 2 is 2.00 bits per heavy atom. The minimum absolute atomic E-state index is 0.271. The van der Waals surface area contributed by atoms with E-state index in [0.717, 1.165) is 24.8 Å². The molecular weight excluding hydrogens is 350 g/mol. The summed E-state index contributed by atoms with van der Waals surface area (Å²) in [5, 5.41) is 0. The summed E-state index contributed by atoms with van der Waals surface area (Å²) in [6.45, 7) is 4.53. The molecule has 150 valence electrons. The zero-order valence-electron chi connectivity index (χ0n) is 16.3. The second-order valence-electron chi connectivity index (χ2n) is 6.93. The molecule has 2 rings (SSSR count). The van der Waals surface area contributed by atoms with Crippen molar-refractivity contribution in [2.24, 2.45) is 0 Å². The first-order valence-corrected chi connectivity index (χ1v) is 9.33. The molecule has 0 saturated carbocycles. The second kappa shape index (κ2) is 10.4. The number of nitrogens with one attached hydrogen (secondary N) is 1. The Morgan fingerprint density at radius 1 is 1.26 bits per heavy atom. The Hall–Kier alpha value is -1.96. The second-order valence-corrected chi connectivity index (χ2v) is 6.93. The molecule has 1 heterocycles. The van der Waals surface area contributed by atoms with Gasteiger partial charge in [-0.25, -0.2) is 10.3 Å². The third-order valence-electron chi connectivity index (χ3n) is 4.31. The number of rotatable bonds is 9. The van der Waals surface area contributed by atoms with Crippen molar-refractivity contribution in [2.45, 2.75) is 57.8 Å². The lowest BCUT2D eigenvalue weighted by molar-refractivity contribution is -0.186. The summed E-state index contributed by atoms with van der Waals surface area (Å²) < 4.78 is 16.2. The van der Waals surface area contributed by atoms with Crippen LogP contribution in [0.2, 0.25) is 0 Å². The third kappa shape index (κ3) is 6.93. The van der Waals surface area contributed by atoms with Gasteiger partial charge >= 0.3 is 5.97 Å². The normalized spacial score (nSPS) is 19.1. The van der Waals surface area contributed by atoms with Crippen LogP contribution in [0, 0.1) is 0 Å². The van der Waals surface area contributed by atoms with Crippen LogP contribution in [0.4, 0.5) is 0 Å². The van der Waals surface area contributed by atoms with Crippen LogP contribution in [0.25, 0.3) is 0 Å². The van der Waals surface area contributed by atoms with Crippen molar-refractivity contribution >= 4 is 11.9 Å². The van der Waals surface area contributed by atoms with Gasteiger partial charge in [0, 0.05) is 38.5 Å². The van der Waals surface area contributed by atoms with Crippen molar-refractivity contribution in [1.29, 1.82) is 0 Å². The highest BCUT2D eigenvalue weighted by atomic mass is 16.8. The SMILES string of the molecule is CCC(=O)OC(C)(COC)Cc1ccc(C(=O)NOC2CCCCO2)cc1. The summed E-state index contributed by atoms with van der Waals surface area (Å²) in [6, 6.07) is 7.09. The monoisotopic (exact) mass is 379 g/mol. The molecule has 7 heteroatoms. The van der Waals surface area contributed by atoms with Crippen molar-refractivity contribution in [3.05, 3.63) is 35.4 Å². The van der Waals surface area contributed by atoms with Crippen molar-refractivity contribution in [3.63, 3.8) is 0 Å². The lowest BCUT2D eigenvalue weighted by Crippen LogP contribution is -2.38. The van der Waals surface area contributed by atoms with Gasteiger partial charge in [0.05, 0.1) is 6.61 Å². The van der Waals surface area contributed by atoms with E-state index in [4.69, 9.17) is 19.0 Å². The average Bonchev–Trinajstić information content (AvgIpc) is 2.67. The van der Waals surface area contributed by atoms with Crippen molar-refractivity contribution in [2.75, 3.05) is 20.3 Å². The van der Waals surface area contributed by atoms with Gasteiger partial charge in [0.1, 0.15) is 5.60 Å². The molecule has 1 saturated heterocycles. The standard InChI is InChI=1S/C20H29NO6/c1-4-17(22)26-20(2,14-24-3)13-15-8-10-16(11-9-15)19(23)21-27-18-7-5-6-12-25-18/h8-11,18H,4-7,12-14H2,1-3H3,(H,21,23). The predicted octanol–water partition coefficient (Wildman–Crippen LogP) is 2.78. The number of ether oxygens (including phenoxy) is 3. The molecule has 0 aromatic heterocycles. The van der Waals surface area contributed by atoms with E-state index in [-0.39, 0.29) is 24.8 Å². The van der Waals surface area contributed by atoms with Crippen LogP contribution in [0.1, 0.15) is 55.5 Å². The van der Waals surface area contributed by atoms with E-state index in [1.165, 1.54) is 0 Å². The zero-order chi connectivity index (χ0) is 19.7. The molecule has 2 atom stereocenters. The summed E-state index contributed by atoms with van der Waals surface area (Å²) in [7, 11) is 1.57. The van der Waals surface area contributed by atoms with Gasteiger partial charge in [-0.1, -0.05) is 19.1 Å². The van der Waals surface area contributed by atoms with E-state index in [9.17, 15) is 9.59 Å². The molecule has 2 unspecified atom stereocenters. The Bertz CT molecular complexity index is 611. The van der Waals surface area contributed by atoms with E-state index in [0.29, 0.717) is 25.0 Å². The van der Waals surface area contributed by atoms with Gasteiger partial charge in [-0.15, -0.1) is 0 Å². The molecule has 1 amide bonds. The van der Waals surface area contributed by atoms with Gasteiger partial charge in [0.15, 0.2) is 6.29 Å². The van der Waals surface area contributed by atoms with E-state index in [2.05, 4.69) is 5.48 Å². The fourth-order valence-corrected chi connectivity index (χ4v) is 2.96. The number of methoxy groups -OCH3 is 1. The van der Waals surface area contributed by atoms with E-state index >= 15 is 0 Å². The first-order chi connectivity index (χ1) is 13.0. The van der Waals surface area contributed by atoms with Crippen LogP contribution in [-0.2, 0) is 30.3 Å². The first kappa shape index (κ1) is 21.3. The summed E-state index contributed by atoms with van der Waals surface area (Å²) in [5.74, 6) is -0.597. The maximum Gasteiger partial charge on any atom is 0.306 e. The van der Waals surface area contributed by atoms with Gasteiger partial charge in [0.25, 0.3) is 5.91 Å². The molecule has 1 fully saturated rings. The molecule has 1 aliphatic rings. The fraction of sp³-hybridized carbons (Fsp3) is 0.600. The largest absolute Gasteiger partial charge is 0.457 e. The van der Waals surface area contributed by atoms with E-state index < -0.39 is 5.60 Å². The van der Waals surface area contributed by atoms with Crippen LogP contribution in [0.5, 0.6) is 0 Å². The smallest absolute Gasteiger partial charge is 0.306 e. The van der Waals surface area contributed by atoms with Crippen molar-refractivity contribution in [3.8, 4) is 0 Å². The molecule has 1 aliphatic heterocycles. The highest BCUT2D eigenvalue weighted by Gasteiger charge is 2.29. The lowest BCUT2D eigenvalue weighted by Gasteiger charge is -2.29. The van der Waals surface area contributed by atoms with Gasteiger partial charge in [-0.3, -0.25) is 9.59 Å². The summed E-state index contributed by atoms with van der Waals surface area (Å²) in [5.41, 5.74) is 3.10. The zero-order valence-corrected chi connectivity index (χ0v) is 16.3. The molecule has 0 radical (unpaired) electrons. The Balaban J connectivity index is 1.92. The van der Waals surface area contributed by atoms with Crippen LogP contribution in [0.15, 0.2) is 24.3 Å². The highest BCUT2D eigenvalue weighted by molar-refractivity contribution is 5.93. The Kier molecular flexibility index (Phi) is 8.22. The Morgan fingerprint density at radius 3 is 2.59 bits per heavy atom. The number of carbonyl (C=O) groups is 2. The van der Waals surface area contributed by atoms with Crippen LogP contribution < -0.4 is 5.48 Å². The molecule has 7 nitrogen and oxygen atoms in total. The quantitative estimate of drug-likeness (QED) is 0.525. The van der Waals surface area contributed by atoms with Crippen molar-refractivity contribution in [1.82, 2.24) is 5.48 Å².